The lowest BCUT2D eigenvalue weighted by molar-refractivity contribution is -0.251. The first-order chi connectivity index (χ1) is 11.7. The Balaban J connectivity index is 1.78. The number of carbonyl (C=O) groups is 1. The van der Waals surface area contributed by atoms with Gasteiger partial charge >= 0.3 is 0 Å². The number of carbonyl (C=O) groups excluding carboxylic acids is 1. The van der Waals surface area contributed by atoms with E-state index in [0.717, 1.165) is 17.5 Å². The highest BCUT2D eigenvalue weighted by atomic mass is 16.6. The zero-order chi connectivity index (χ0) is 16.9. The molecule has 0 fully saturated rings. The Morgan fingerprint density at radius 2 is 1.75 bits per heavy atom. The summed E-state index contributed by atoms with van der Waals surface area (Å²) in [6, 6.07) is 15.7. The number of fused-ring (bicyclic) bond motifs is 3. The van der Waals surface area contributed by atoms with Crippen molar-refractivity contribution in [2.45, 2.75) is 31.7 Å². The normalized spacial score (nSPS) is 14.8. The Kier molecular flexibility index (Phi) is 4.94. The van der Waals surface area contributed by atoms with Crippen LogP contribution in [0.3, 0.4) is 0 Å². The molecule has 4 heteroatoms. The van der Waals surface area contributed by atoms with E-state index in [9.17, 15) is 9.90 Å². The zero-order valence-electron chi connectivity index (χ0n) is 13.6. The van der Waals surface area contributed by atoms with Crippen molar-refractivity contribution in [2.75, 3.05) is 6.61 Å². The summed E-state index contributed by atoms with van der Waals surface area (Å²) < 4.78 is 5.35. The number of rotatable bonds is 6. The molecule has 0 aromatic heterocycles. The average molecular weight is 322 g/mol. The van der Waals surface area contributed by atoms with Crippen molar-refractivity contribution < 1.29 is 14.6 Å². The molecule has 1 atom stereocenters. The summed E-state index contributed by atoms with van der Waals surface area (Å²) in [5.41, 5.74) is 4.68. The molecule has 1 aliphatic rings. The van der Waals surface area contributed by atoms with E-state index < -0.39 is 12.1 Å². The molecule has 0 saturated heterocycles. The maximum atomic E-state index is 11.9. The third-order valence-electron chi connectivity index (χ3n) is 4.35. The van der Waals surface area contributed by atoms with Gasteiger partial charge in [0.25, 0.3) is 0 Å². The number of hydrogen-bond donors (Lipinski definition) is 0. The number of hydrogen-bond acceptors (Lipinski definition) is 4. The quantitative estimate of drug-likeness (QED) is 0.467. The Bertz CT molecular complexity index is 709. The molecule has 4 nitrogen and oxygen atoms in total. The Morgan fingerprint density at radius 1 is 1.17 bits per heavy atom. The first-order valence-corrected chi connectivity index (χ1v) is 8.25. The van der Waals surface area contributed by atoms with Gasteiger partial charge in [-0.1, -0.05) is 61.9 Å². The third kappa shape index (κ3) is 3.18. The molecule has 0 amide bonds. The van der Waals surface area contributed by atoms with Gasteiger partial charge < -0.3 is 14.6 Å². The van der Waals surface area contributed by atoms with Crippen molar-refractivity contribution in [3.63, 3.8) is 0 Å². The molecule has 1 aliphatic carbocycles. The van der Waals surface area contributed by atoms with Crippen molar-refractivity contribution in [3.05, 3.63) is 59.7 Å². The highest BCUT2D eigenvalue weighted by Gasteiger charge is 2.26. The minimum atomic E-state index is -0.664. The molecule has 0 bridgehead atoms. The number of aldehydes is 1. The van der Waals surface area contributed by atoms with Crippen molar-refractivity contribution in [2.24, 2.45) is 4.99 Å². The van der Waals surface area contributed by atoms with Crippen LogP contribution in [0.25, 0.3) is 11.1 Å². The van der Waals surface area contributed by atoms with Crippen LogP contribution in [0, 0.1) is 0 Å². The van der Waals surface area contributed by atoms with Crippen molar-refractivity contribution >= 4 is 12.4 Å². The van der Waals surface area contributed by atoms with Gasteiger partial charge in [-0.05, 0) is 28.7 Å². The van der Waals surface area contributed by atoms with Gasteiger partial charge in [0.15, 0.2) is 0 Å². The molecular formula is C20H20NO3-. The second-order valence-corrected chi connectivity index (χ2v) is 5.93. The Labute approximate surface area is 141 Å². The summed E-state index contributed by atoms with van der Waals surface area (Å²) in [4.78, 5) is 14.7. The van der Waals surface area contributed by atoms with Crippen LogP contribution in [0.2, 0.25) is 0 Å². The van der Waals surface area contributed by atoms with Crippen LogP contribution in [0.1, 0.15) is 36.8 Å². The van der Waals surface area contributed by atoms with Crippen molar-refractivity contribution in [3.8, 4) is 11.1 Å². The van der Waals surface area contributed by atoms with E-state index in [-0.39, 0.29) is 12.5 Å². The van der Waals surface area contributed by atoms with Gasteiger partial charge in [-0.3, -0.25) is 4.99 Å². The Morgan fingerprint density at radius 3 is 2.29 bits per heavy atom. The molecule has 0 radical (unpaired) electrons. The van der Waals surface area contributed by atoms with Gasteiger partial charge in [-0.15, -0.1) is 0 Å². The topological polar surface area (TPSA) is 61.7 Å². The molecule has 0 aliphatic heterocycles. The third-order valence-corrected chi connectivity index (χ3v) is 4.35. The van der Waals surface area contributed by atoms with Crippen LogP contribution in [-0.4, -0.2) is 25.0 Å². The van der Waals surface area contributed by atoms with E-state index in [1.807, 2.05) is 31.2 Å². The summed E-state index contributed by atoms with van der Waals surface area (Å²) >= 11 is 0. The van der Waals surface area contributed by atoms with Crippen LogP contribution >= 0.6 is 0 Å². The maximum Gasteiger partial charge on any atom is 0.146 e. The summed E-state index contributed by atoms with van der Waals surface area (Å²) in [6.45, 7) is 2.18. The molecule has 2 aromatic rings. The minimum Gasteiger partial charge on any atom is -0.599 e. The Hall–Kier alpha value is -2.62. The zero-order valence-corrected chi connectivity index (χ0v) is 13.6. The minimum absolute atomic E-state index is 0.0115. The summed E-state index contributed by atoms with van der Waals surface area (Å²) in [5.74, 6) is 0.0115. The van der Waals surface area contributed by atoms with E-state index in [2.05, 4.69) is 29.3 Å². The monoisotopic (exact) mass is 322 g/mol. The lowest BCUT2D eigenvalue weighted by Gasteiger charge is -2.21. The van der Waals surface area contributed by atoms with E-state index in [1.54, 1.807) is 0 Å². The lowest BCUT2D eigenvalue weighted by Crippen LogP contribution is -2.26. The van der Waals surface area contributed by atoms with Gasteiger partial charge in [0.1, 0.15) is 18.4 Å². The number of nitrogens with zero attached hydrogens (tertiary/aromatic N) is 1. The second kappa shape index (κ2) is 7.30. The predicted molar refractivity (Wildman–Crippen MR) is 91.9 cm³/mol. The maximum absolute atomic E-state index is 11.9. The van der Waals surface area contributed by atoms with Crippen molar-refractivity contribution in [1.82, 2.24) is 0 Å². The van der Waals surface area contributed by atoms with Crippen LogP contribution in [0.5, 0.6) is 0 Å². The van der Waals surface area contributed by atoms with Crippen LogP contribution in [0.4, 0.5) is 0 Å². The molecule has 0 N–H and O–H groups in total. The molecule has 24 heavy (non-hydrogen) atoms. The average Bonchev–Trinajstić information content (AvgIpc) is 2.93. The largest absolute Gasteiger partial charge is 0.599 e. The molecule has 0 spiro atoms. The number of ether oxygens (including phenoxy) is 1. The van der Waals surface area contributed by atoms with Gasteiger partial charge in [-0.25, -0.2) is 0 Å². The summed E-state index contributed by atoms with van der Waals surface area (Å²) in [6.07, 6.45) is 1.39. The van der Waals surface area contributed by atoms with Crippen LogP contribution < -0.4 is 5.11 Å². The van der Waals surface area contributed by atoms with Crippen LogP contribution in [0.15, 0.2) is 53.5 Å². The van der Waals surface area contributed by atoms with Gasteiger partial charge in [0, 0.05) is 12.5 Å². The van der Waals surface area contributed by atoms with E-state index in [4.69, 9.17) is 4.74 Å². The first kappa shape index (κ1) is 16.2. The van der Waals surface area contributed by atoms with Gasteiger partial charge in [0.2, 0.25) is 0 Å². The predicted octanol–water partition coefficient (Wildman–Crippen LogP) is 2.90. The molecule has 0 heterocycles. The fraction of sp³-hybridized carbons (Fsp3) is 0.300. The highest BCUT2D eigenvalue weighted by Crippen LogP contribution is 2.44. The van der Waals surface area contributed by atoms with E-state index in [1.165, 1.54) is 11.1 Å². The molecule has 2 aromatic carbocycles. The number of benzene rings is 2. The van der Waals surface area contributed by atoms with Crippen molar-refractivity contribution in [1.29, 1.82) is 0 Å². The smallest absolute Gasteiger partial charge is 0.146 e. The fourth-order valence-electron chi connectivity index (χ4n) is 3.23. The molecule has 0 saturated carbocycles. The summed E-state index contributed by atoms with van der Waals surface area (Å²) in [5, 5.41) is 11.9. The fourth-order valence-corrected chi connectivity index (χ4v) is 3.23. The van der Waals surface area contributed by atoms with Gasteiger partial charge in [-0.2, -0.15) is 0 Å². The first-order valence-electron chi connectivity index (χ1n) is 8.25. The standard InChI is InChI=1S/C20H21NO3/c1-2-7-14(12-22)21-20(23)24-13-19-17-10-5-3-8-15(17)16-9-4-6-11-18(16)19/h3-6,8-12,14,19H,2,7,13H2,1H3,(H,21,23)/p-1/t14-/m1/s1. The van der Waals surface area contributed by atoms with Gasteiger partial charge in [0.05, 0.1) is 0 Å². The molecule has 0 unspecified atom stereocenters. The summed E-state index contributed by atoms with van der Waals surface area (Å²) in [7, 11) is 0. The van der Waals surface area contributed by atoms with E-state index >= 15 is 0 Å². The van der Waals surface area contributed by atoms with E-state index in [0.29, 0.717) is 12.7 Å². The molecule has 3 rings (SSSR count). The highest BCUT2D eigenvalue weighted by molar-refractivity contribution is 5.79. The molecule has 124 valence electrons. The SMILES string of the molecule is CCC[C@H](C=O)N=C([O-])OCC1c2ccccc2-c2ccccc21. The second-order valence-electron chi connectivity index (χ2n) is 5.93. The van der Waals surface area contributed by atoms with Crippen LogP contribution in [-0.2, 0) is 9.53 Å². The lowest BCUT2D eigenvalue weighted by atomic mass is 9.98. The number of aliphatic imine (C=N–C) groups is 1. The molecular weight excluding hydrogens is 302 g/mol.